The SMILES string of the molecule is O=C(CN1CCN(c2ccnc3cc(F)ccc23)CC1)Nc1ccccc1F. The van der Waals surface area contributed by atoms with Crippen LogP contribution < -0.4 is 10.2 Å². The monoisotopic (exact) mass is 382 g/mol. The molecule has 1 N–H and O–H groups in total. The summed E-state index contributed by atoms with van der Waals surface area (Å²) in [4.78, 5) is 20.7. The van der Waals surface area contributed by atoms with Crippen LogP contribution in [-0.2, 0) is 4.79 Å². The summed E-state index contributed by atoms with van der Waals surface area (Å²) < 4.78 is 27.1. The number of hydrogen-bond donors (Lipinski definition) is 1. The molecule has 1 amide bonds. The molecule has 1 aliphatic heterocycles. The molecule has 1 aliphatic rings. The first-order chi connectivity index (χ1) is 13.6. The second-order valence-corrected chi connectivity index (χ2v) is 6.78. The molecule has 1 fully saturated rings. The molecular formula is C21H20F2N4O. The summed E-state index contributed by atoms with van der Waals surface area (Å²) in [5, 5.41) is 3.53. The third-order valence-electron chi connectivity index (χ3n) is 4.91. The van der Waals surface area contributed by atoms with Crippen LogP contribution in [0.1, 0.15) is 0 Å². The lowest BCUT2D eigenvalue weighted by Gasteiger charge is -2.36. The lowest BCUT2D eigenvalue weighted by molar-refractivity contribution is -0.117. The van der Waals surface area contributed by atoms with Crippen molar-refractivity contribution in [3.8, 4) is 0 Å². The van der Waals surface area contributed by atoms with Gasteiger partial charge in [0, 0.05) is 49.5 Å². The third kappa shape index (κ3) is 3.94. The molecule has 5 nitrogen and oxygen atoms in total. The first kappa shape index (κ1) is 18.3. The fraction of sp³-hybridized carbons (Fsp3) is 0.238. The predicted molar refractivity (Wildman–Crippen MR) is 105 cm³/mol. The van der Waals surface area contributed by atoms with Crippen molar-refractivity contribution < 1.29 is 13.6 Å². The first-order valence-electron chi connectivity index (χ1n) is 9.16. The maximum absolute atomic E-state index is 13.7. The normalized spacial score (nSPS) is 15.0. The van der Waals surface area contributed by atoms with Crippen molar-refractivity contribution in [3.05, 3.63) is 66.4 Å². The Kier molecular flexibility index (Phi) is 5.16. The summed E-state index contributed by atoms with van der Waals surface area (Å²) in [6.45, 7) is 3.10. The van der Waals surface area contributed by atoms with Crippen LogP contribution in [0.5, 0.6) is 0 Å². The highest BCUT2D eigenvalue weighted by molar-refractivity contribution is 5.93. The van der Waals surface area contributed by atoms with Crippen LogP contribution in [0.2, 0.25) is 0 Å². The summed E-state index contributed by atoms with van der Waals surface area (Å²) in [6.07, 6.45) is 1.69. The summed E-state index contributed by atoms with van der Waals surface area (Å²) >= 11 is 0. The minimum atomic E-state index is -0.443. The van der Waals surface area contributed by atoms with E-state index in [9.17, 15) is 13.6 Å². The molecule has 0 radical (unpaired) electrons. The molecule has 4 rings (SSSR count). The Balaban J connectivity index is 1.37. The molecule has 0 spiro atoms. The van der Waals surface area contributed by atoms with E-state index in [0.29, 0.717) is 18.6 Å². The van der Waals surface area contributed by atoms with Gasteiger partial charge in [-0.15, -0.1) is 0 Å². The number of carbonyl (C=O) groups excluding carboxylic acids is 1. The van der Waals surface area contributed by atoms with Crippen molar-refractivity contribution in [2.24, 2.45) is 0 Å². The molecule has 28 heavy (non-hydrogen) atoms. The number of pyridine rings is 1. The number of halogens is 2. The van der Waals surface area contributed by atoms with Gasteiger partial charge in [-0.25, -0.2) is 8.78 Å². The summed E-state index contributed by atoms with van der Waals surface area (Å²) in [5.41, 5.74) is 1.84. The number of rotatable bonds is 4. The van der Waals surface area contributed by atoms with Gasteiger partial charge in [0.05, 0.1) is 17.7 Å². The zero-order chi connectivity index (χ0) is 19.5. The molecule has 3 aromatic rings. The van der Waals surface area contributed by atoms with E-state index in [4.69, 9.17) is 0 Å². The fourth-order valence-corrected chi connectivity index (χ4v) is 3.48. The van der Waals surface area contributed by atoms with Gasteiger partial charge in [-0.05, 0) is 30.3 Å². The Morgan fingerprint density at radius 2 is 1.82 bits per heavy atom. The van der Waals surface area contributed by atoms with Crippen molar-refractivity contribution in [1.82, 2.24) is 9.88 Å². The van der Waals surface area contributed by atoms with Crippen molar-refractivity contribution in [2.75, 3.05) is 42.9 Å². The highest BCUT2D eigenvalue weighted by Crippen LogP contribution is 2.26. The molecule has 144 valence electrons. The van der Waals surface area contributed by atoms with E-state index in [1.807, 2.05) is 11.0 Å². The summed E-state index contributed by atoms with van der Waals surface area (Å²) in [6, 6.07) is 12.7. The van der Waals surface area contributed by atoms with Gasteiger partial charge < -0.3 is 10.2 Å². The Morgan fingerprint density at radius 3 is 2.61 bits per heavy atom. The lowest BCUT2D eigenvalue weighted by Crippen LogP contribution is -2.48. The minimum absolute atomic E-state index is 0.196. The van der Waals surface area contributed by atoms with E-state index < -0.39 is 5.82 Å². The highest BCUT2D eigenvalue weighted by Gasteiger charge is 2.21. The molecule has 1 aromatic heterocycles. The predicted octanol–water partition coefficient (Wildman–Crippen LogP) is 3.27. The quantitative estimate of drug-likeness (QED) is 0.752. The van der Waals surface area contributed by atoms with Crippen LogP contribution in [-0.4, -0.2) is 48.5 Å². The van der Waals surface area contributed by atoms with Crippen molar-refractivity contribution in [1.29, 1.82) is 0 Å². The first-order valence-corrected chi connectivity index (χ1v) is 9.16. The van der Waals surface area contributed by atoms with E-state index in [1.54, 1.807) is 30.5 Å². The van der Waals surface area contributed by atoms with Crippen LogP contribution in [0.3, 0.4) is 0 Å². The molecule has 2 heterocycles. The van der Waals surface area contributed by atoms with Gasteiger partial charge in [-0.3, -0.25) is 14.7 Å². The molecule has 2 aromatic carbocycles. The summed E-state index contributed by atoms with van der Waals surface area (Å²) in [5.74, 6) is -0.979. The van der Waals surface area contributed by atoms with Gasteiger partial charge in [0.2, 0.25) is 5.91 Å². The highest BCUT2D eigenvalue weighted by atomic mass is 19.1. The number of nitrogens with one attached hydrogen (secondary N) is 1. The van der Waals surface area contributed by atoms with Crippen LogP contribution in [0.15, 0.2) is 54.7 Å². The van der Waals surface area contributed by atoms with E-state index in [0.717, 1.165) is 24.2 Å². The Labute approximate surface area is 161 Å². The van der Waals surface area contributed by atoms with E-state index >= 15 is 0 Å². The smallest absolute Gasteiger partial charge is 0.238 e. The topological polar surface area (TPSA) is 48.5 Å². The fourth-order valence-electron chi connectivity index (χ4n) is 3.48. The molecule has 0 unspecified atom stereocenters. The van der Waals surface area contributed by atoms with Crippen LogP contribution in [0.25, 0.3) is 10.9 Å². The van der Waals surface area contributed by atoms with E-state index in [2.05, 4.69) is 15.2 Å². The lowest BCUT2D eigenvalue weighted by atomic mass is 10.1. The second-order valence-electron chi connectivity index (χ2n) is 6.78. The Hall–Kier alpha value is -3.06. The number of piperazine rings is 1. The van der Waals surface area contributed by atoms with Crippen molar-refractivity contribution in [3.63, 3.8) is 0 Å². The Morgan fingerprint density at radius 1 is 1.04 bits per heavy atom. The number of fused-ring (bicyclic) bond motifs is 1. The van der Waals surface area contributed by atoms with Crippen LogP contribution in [0, 0.1) is 11.6 Å². The van der Waals surface area contributed by atoms with Crippen molar-refractivity contribution >= 4 is 28.2 Å². The average Bonchev–Trinajstić information content (AvgIpc) is 2.70. The maximum Gasteiger partial charge on any atom is 0.238 e. The van der Waals surface area contributed by atoms with Crippen LogP contribution in [0.4, 0.5) is 20.2 Å². The zero-order valence-electron chi connectivity index (χ0n) is 15.2. The van der Waals surface area contributed by atoms with Crippen molar-refractivity contribution in [2.45, 2.75) is 0 Å². The number of aromatic nitrogens is 1. The number of anilines is 2. The van der Waals surface area contributed by atoms with Crippen LogP contribution >= 0.6 is 0 Å². The molecule has 0 bridgehead atoms. The largest absolute Gasteiger partial charge is 0.368 e. The summed E-state index contributed by atoms with van der Waals surface area (Å²) in [7, 11) is 0. The number of benzene rings is 2. The maximum atomic E-state index is 13.7. The zero-order valence-corrected chi connectivity index (χ0v) is 15.2. The van der Waals surface area contributed by atoms with Gasteiger partial charge in [0.25, 0.3) is 0 Å². The standard InChI is InChI=1S/C21H20F2N4O/c22-15-5-6-16-19(13-15)24-8-7-20(16)27-11-9-26(10-12-27)14-21(28)25-18-4-2-1-3-17(18)23/h1-8,13H,9-12,14H2,(H,25,28). The molecule has 7 heteroatoms. The number of hydrogen-bond acceptors (Lipinski definition) is 4. The van der Waals surface area contributed by atoms with Gasteiger partial charge in [-0.1, -0.05) is 12.1 Å². The second kappa shape index (κ2) is 7.90. The minimum Gasteiger partial charge on any atom is -0.368 e. The van der Waals surface area contributed by atoms with Gasteiger partial charge >= 0.3 is 0 Å². The number of nitrogens with zero attached hydrogens (tertiary/aromatic N) is 3. The van der Waals surface area contributed by atoms with Gasteiger partial charge in [-0.2, -0.15) is 0 Å². The average molecular weight is 382 g/mol. The molecule has 0 atom stereocenters. The number of para-hydroxylation sites is 1. The van der Waals surface area contributed by atoms with Gasteiger partial charge in [0.1, 0.15) is 11.6 Å². The van der Waals surface area contributed by atoms with E-state index in [-0.39, 0.29) is 24.0 Å². The number of amides is 1. The molecular weight excluding hydrogens is 362 g/mol. The van der Waals surface area contributed by atoms with Gasteiger partial charge in [0.15, 0.2) is 0 Å². The third-order valence-corrected chi connectivity index (χ3v) is 4.91. The molecule has 0 aliphatic carbocycles. The molecule has 1 saturated heterocycles. The number of carbonyl (C=O) groups is 1. The Bertz CT molecular complexity index is 1000. The van der Waals surface area contributed by atoms with E-state index in [1.165, 1.54) is 18.2 Å². The molecule has 0 saturated carbocycles.